The third-order valence-corrected chi connectivity index (χ3v) is 9.87. The fourth-order valence-electron chi connectivity index (χ4n) is 4.46. The van der Waals surface area contributed by atoms with Crippen LogP contribution >= 0.6 is 38.6 Å². The predicted molar refractivity (Wildman–Crippen MR) is 189 cm³/mol. The van der Waals surface area contributed by atoms with Gasteiger partial charge in [-0.15, -0.1) is 22.7 Å². The van der Waals surface area contributed by atoms with E-state index in [0.29, 0.717) is 38.8 Å². The minimum atomic E-state index is -1.41. The smallest absolute Gasteiger partial charge is 0.423 e. The van der Waals surface area contributed by atoms with Gasteiger partial charge in [0.05, 0.1) is 30.5 Å². The fourth-order valence-corrected chi connectivity index (χ4v) is 6.29. The van der Waals surface area contributed by atoms with E-state index in [4.69, 9.17) is 20.3 Å². The Bertz CT molecular complexity index is 2040. The number of hydrogen-bond donors (Lipinski definition) is 8. The Morgan fingerprint density at radius 2 is 1.32 bits per heavy atom. The first kappa shape index (κ1) is 35.6. The van der Waals surface area contributed by atoms with Crippen LogP contribution in [0.3, 0.4) is 0 Å². The van der Waals surface area contributed by atoms with Crippen molar-refractivity contribution in [3.05, 3.63) is 86.3 Å². The van der Waals surface area contributed by atoms with Gasteiger partial charge in [0.25, 0.3) is 0 Å². The Kier molecular flexibility index (Phi) is 11.6. The zero-order valence-corrected chi connectivity index (χ0v) is 29.2. The third kappa shape index (κ3) is 9.53. The van der Waals surface area contributed by atoms with Gasteiger partial charge in [-0.2, -0.15) is 10.2 Å². The molecule has 0 saturated heterocycles. The van der Waals surface area contributed by atoms with Crippen molar-refractivity contribution in [2.75, 3.05) is 10.6 Å². The van der Waals surface area contributed by atoms with E-state index in [-0.39, 0.29) is 24.8 Å². The van der Waals surface area contributed by atoms with E-state index < -0.39 is 18.8 Å². The van der Waals surface area contributed by atoms with Gasteiger partial charge >= 0.3 is 7.12 Å². The van der Waals surface area contributed by atoms with Crippen LogP contribution in [0.4, 0.5) is 32.1 Å². The molecule has 260 valence electrons. The van der Waals surface area contributed by atoms with Crippen LogP contribution in [0.2, 0.25) is 0 Å². The van der Waals surface area contributed by atoms with Crippen molar-refractivity contribution in [2.45, 2.75) is 50.7 Å². The molecule has 0 atom stereocenters. The highest BCUT2D eigenvalue weighted by molar-refractivity contribution is 9.10. The molecule has 0 radical (unpaired) electrons. The van der Waals surface area contributed by atoms with Gasteiger partial charge in [0.2, 0.25) is 0 Å². The van der Waals surface area contributed by atoms with E-state index in [1.807, 2.05) is 18.2 Å². The Hall–Kier alpha value is -4.18. The lowest BCUT2D eigenvalue weighted by atomic mass is 9.90. The first-order chi connectivity index (χ1) is 24.2. The van der Waals surface area contributed by atoms with E-state index in [9.17, 15) is 8.78 Å². The Labute approximate surface area is 300 Å². The van der Waals surface area contributed by atoms with Gasteiger partial charge in [0, 0.05) is 49.9 Å². The number of rotatable bonds is 10. The third-order valence-electron chi connectivity index (χ3n) is 7.31. The van der Waals surface area contributed by atoms with Crippen LogP contribution in [0.5, 0.6) is 0 Å². The number of H-pyrrole nitrogens is 2. The SMILES string of the molecule is Fc1cnc(Br)nc1Nc1cc(C2CC2)[nH]n1.OCc1ccc(-c2ncc(F)c(Nc3cc(C4CC4)[nH]n3)n2)s1.OCc1ccc(B(O)O)s1. The monoisotopic (exact) mass is 786 g/mol. The number of nitrogens with one attached hydrogen (secondary N) is 4. The van der Waals surface area contributed by atoms with Crippen molar-refractivity contribution < 1.29 is 29.0 Å². The summed E-state index contributed by atoms with van der Waals surface area (Å²) in [7, 11) is -1.41. The number of aromatic nitrogens is 8. The molecule has 6 aromatic heterocycles. The average Bonchev–Trinajstić information content (AvgIpc) is 3.88. The lowest BCUT2D eigenvalue weighted by molar-refractivity contribution is 0.285. The quantitative estimate of drug-likeness (QED) is 0.0694. The summed E-state index contributed by atoms with van der Waals surface area (Å²) in [6.07, 6.45) is 6.95. The summed E-state index contributed by atoms with van der Waals surface area (Å²) < 4.78 is 28.1. The standard InChI is InChI=1S/C15H14FN5OS.C10H9BrFN5.C5H7BO3S/c16-10-6-17-15(12-4-3-9(7-22)23-12)19-14(10)18-13-5-11(20-21-13)8-1-2-8;11-10-13-4-6(12)9(15-10)14-8-3-7(16-17-8)5-1-2-5;7-3-4-1-2-5(10-4)6(8)9/h3-6,8,22H,1-2,7H2,(H2,17,18,19,20,21);3-5H,1-2H2,(H2,13,14,15,16,17);1-2,7-9H,3H2. The van der Waals surface area contributed by atoms with Gasteiger partial charge < -0.3 is 30.9 Å². The number of aromatic amines is 2. The molecule has 8 rings (SSSR count). The van der Waals surface area contributed by atoms with Crippen LogP contribution in [0.25, 0.3) is 10.7 Å². The zero-order chi connectivity index (χ0) is 35.2. The van der Waals surface area contributed by atoms with Crippen LogP contribution in [-0.4, -0.2) is 67.7 Å². The molecular formula is C30H30BBrF2N10O4S2. The first-order valence-electron chi connectivity index (χ1n) is 15.3. The molecule has 0 unspecified atom stereocenters. The van der Waals surface area contributed by atoms with E-state index >= 15 is 0 Å². The Balaban J connectivity index is 0.000000141. The molecular weight excluding hydrogens is 757 g/mol. The summed E-state index contributed by atoms with van der Waals surface area (Å²) in [5.41, 5.74) is 2.15. The van der Waals surface area contributed by atoms with Gasteiger partial charge in [0.1, 0.15) is 0 Å². The van der Waals surface area contributed by atoms with Crippen LogP contribution in [0.15, 0.2) is 53.5 Å². The zero-order valence-electron chi connectivity index (χ0n) is 26.0. The summed E-state index contributed by atoms with van der Waals surface area (Å²) >= 11 is 5.66. The van der Waals surface area contributed by atoms with Crippen LogP contribution in [0, 0.1) is 11.6 Å². The topological polar surface area (TPSA) is 214 Å². The number of anilines is 4. The van der Waals surface area contributed by atoms with E-state index in [2.05, 4.69) is 66.9 Å². The molecule has 2 saturated carbocycles. The molecule has 20 heteroatoms. The lowest BCUT2D eigenvalue weighted by Gasteiger charge is -2.04. The number of thiophene rings is 2. The highest BCUT2D eigenvalue weighted by Gasteiger charge is 2.26. The van der Waals surface area contributed by atoms with E-state index in [0.717, 1.165) is 38.4 Å². The van der Waals surface area contributed by atoms with Crippen LogP contribution in [0.1, 0.15) is 58.7 Å². The molecule has 8 N–H and O–H groups in total. The summed E-state index contributed by atoms with van der Waals surface area (Å²) in [6.45, 7) is -0.0778. The molecule has 2 aliphatic rings. The van der Waals surface area contributed by atoms with Crippen LogP contribution in [-0.2, 0) is 13.2 Å². The largest absolute Gasteiger partial charge is 0.499 e. The summed E-state index contributed by atoms with van der Waals surface area (Å²) in [4.78, 5) is 18.2. The Morgan fingerprint density at radius 1 is 0.780 bits per heavy atom. The number of aliphatic hydroxyl groups excluding tert-OH is 2. The fraction of sp³-hybridized carbons (Fsp3) is 0.267. The van der Waals surface area contributed by atoms with Crippen molar-refractivity contribution in [2.24, 2.45) is 0 Å². The summed E-state index contributed by atoms with van der Waals surface area (Å²) in [5, 5.41) is 54.8. The second kappa shape index (κ2) is 16.2. The number of hydrogen-bond acceptors (Lipinski definition) is 14. The minimum Gasteiger partial charge on any atom is -0.423 e. The molecule has 14 nitrogen and oxygen atoms in total. The number of halogens is 3. The maximum Gasteiger partial charge on any atom is 0.499 e. The number of aliphatic hydroxyl groups is 2. The normalized spacial score (nSPS) is 13.6. The van der Waals surface area contributed by atoms with Crippen molar-refractivity contribution >= 4 is 73.8 Å². The molecule has 2 aliphatic carbocycles. The molecule has 0 spiro atoms. The highest BCUT2D eigenvalue weighted by atomic mass is 79.9. The minimum absolute atomic E-state index is 0.0335. The highest BCUT2D eigenvalue weighted by Crippen LogP contribution is 2.40. The van der Waals surface area contributed by atoms with Gasteiger partial charge in [-0.25, -0.2) is 28.7 Å². The Morgan fingerprint density at radius 3 is 1.82 bits per heavy atom. The summed E-state index contributed by atoms with van der Waals surface area (Å²) in [5.74, 6) is 1.80. The molecule has 2 fully saturated rings. The van der Waals surface area contributed by atoms with Crippen molar-refractivity contribution in [1.82, 2.24) is 40.3 Å². The number of nitrogens with zero attached hydrogens (tertiary/aromatic N) is 6. The second-order valence-electron chi connectivity index (χ2n) is 11.2. The molecule has 0 aliphatic heterocycles. The molecule has 50 heavy (non-hydrogen) atoms. The molecule has 6 aromatic rings. The lowest BCUT2D eigenvalue weighted by Crippen LogP contribution is -2.26. The molecule has 6 heterocycles. The maximum absolute atomic E-state index is 14.0. The van der Waals surface area contributed by atoms with Gasteiger partial charge in [-0.05, 0) is 59.8 Å². The van der Waals surface area contributed by atoms with Crippen molar-refractivity contribution in [1.29, 1.82) is 0 Å². The molecule has 0 bridgehead atoms. The molecule has 0 amide bonds. The van der Waals surface area contributed by atoms with Gasteiger partial charge in [-0.1, -0.05) is 6.07 Å². The second-order valence-corrected chi connectivity index (χ2v) is 14.3. The average molecular weight is 787 g/mol. The maximum atomic E-state index is 14.0. The van der Waals surface area contributed by atoms with Crippen molar-refractivity contribution in [3.63, 3.8) is 0 Å². The predicted octanol–water partition coefficient (Wildman–Crippen LogP) is 4.82. The van der Waals surface area contributed by atoms with Gasteiger partial charge in [0.15, 0.2) is 45.5 Å². The first-order valence-corrected chi connectivity index (χ1v) is 17.7. The molecule has 0 aromatic carbocycles. The summed E-state index contributed by atoms with van der Waals surface area (Å²) in [6, 6.07) is 10.6. The van der Waals surface area contributed by atoms with Gasteiger partial charge in [-0.3, -0.25) is 10.2 Å². The van der Waals surface area contributed by atoms with E-state index in [1.54, 1.807) is 18.2 Å². The van der Waals surface area contributed by atoms with E-state index in [1.165, 1.54) is 48.4 Å². The van der Waals surface area contributed by atoms with Crippen molar-refractivity contribution in [3.8, 4) is 10.7 Å². The van der Waals surface area contributed by atoms with Crippen LogP contribution < -0.4 is 15.4 Å².